The van der Waals surface area contributed by atoms with Gasteiger partial charge in [-0.15, -0.1) is 0 Å². The summed E-state index contributed by atoms with van der Waals surface area (Å²) in [6.45, 7) is 2.02. The smallest absolute Gasteiger partial charge is 0.260 e. The number of aromatic amines is 1. The lowest BCUT2D eigenvalue weighted by Gasteiger charge is -2.07. The normalized spacial score (nSPS) is 10.3. The fourth-order valence-electron chi connectivity index (χ4n) is 1.81. The van der Waals surface area contributed by atoms with Crippen LogP contribution in [0.1, 0.15) is 22.8 Å². The topological polar surface area (TPSA) is 88.8 Å². The van der Waals surface area contributed by atoms with Crippen LogP contribution in [0.15, 0.2) is 35.5 Å². The lowest BCUT2D eigenvalue weighted by atomic mass is 10.0. The van der Waals surface area contributed by atoms with Crippen LogP contribution in [0.3, 0.4) is 0 Å². The monoisotopic (exact) mass is 243 g/mol. The summed E-state index contributed by atoms with van der Waals surface area (Å²) in [5.41, 5.74) is 7.38. The molecule has 0 saturated heterocycles. The van der Waals surface area contributed by atoms with E-state index in [0.717, 1.165) is 23.1 Å². The number of carbonyl (C=O) groups excluding carboxylic acids is 1. The van der Waals surface area contributed by atoms with Crippen molar-refractivity contribution in [2.75, 3.05) is 0 Å². The molecule has 0 bridgehead atoms. The van der Waals surface area contributed by atoms with Crippen molar-refractivity contribution in [3.63, 3.8) is 0 Å². The Morgan fingerprint density at radius 1 is 1.50 bits per heavy atom. The third kappa shape index (κ3) is 2.15. The average Bonchev–Trinajstić information content (AvgIpc) is 2.39. The molecule has 0 spiro atoms. The van der Waals surface area contributed by atoms with E-state index < -0.39 is 11.5 Å². The van der Waals surface area contributed by atoms with Gasteiger partial charge in [0.15, 0.2) is 0 Å². The van der Waals surface area contributed by atoms with Crippen LogP contribution in [0.2, 0.25) is 0 Å². The summed E-state index contributed by atoms with van der Waals surface area (Å²) >= 11 is 0. The van der Waals surface area contributed by atoms with E-state index in [1.165, 1.54) is 6.07 Å². The van der Waals surface area contributed by atoms with E-state index in [2.05, 4.69) is 9.97 Å². The number of amides is 1. The second-order valence-electron chi connectivity index (χ2n) is 3.88. The number of primary amides is 1. The molecule has 0 unspecified atom stereocenters. The first-order valence-electron chi connectivity index (χ1n) is 5.59. The number of aromatic nitrogens is 2. The number of pyridine rings is 2. The summed E-state index contributed by atoms with van der Waals surface area (Å²) in [7, 11) is 0. The van der Waals surface area contributed by atoms with Crippen LogP contribution >= 0.6 is 0 Å². The Labute approximate surface area is 104 Å². The van der Waals surface area contributed by atoms with Gasteiger partial charge in [-0.3, -0.25) is 14.6 Å². The maximum atomic E-state index is 11.4. The van der Waals surface area contributed by atoms with Crippen LogP contribution in [-0.2, 0) is 6.42 Å². The number of hydrogen-bond donors (Lipinski definition) is 2. The number of carbonyl (C=O) groups is 1. The predicted octanol–water partition coefficient (Wildman–Crippen LogP) is 1.10. The number of H-pyrrole nitrogens is 1. The second kappa shape index (κ2) is 4.83. The third-order valence-electron chi connectivity index (χ3n) is 2.76. The van der Waals surface area contributed by atoms with Gasteiger partial charge in [-0.05, 0) is 35.2 Å². The molecule has 18 heavy (non-hydrogen) atoms. The molecule has 5 heteroatoms. The van der Waals surface area contributed by atoms with Crippen molar-refractivity contribution in [1.82, 2.24) is 9.97 Å². The van der Waals surface area contributed by atoms with Gasteiger partial charge in [0, 0.05) is 18.6 Å². The molecule has 0 saturated carbocycles. The zero-order valence-electron chi connectivity index (χ0n) is 9.93. The van der Waals surface area contributed by atoms with Crippen molar-refractivity contribution < 1.29 is 4.79 Å². The highest BCUT2D eigenvalue weighted by atomic mass is 16.2. The summed E-state index contributed by atoms with van der Waals surface area (Å²) < 4.78 is 0. The maximum absolute atomic E-state index is 11.4. The molecule has 0 fully saturated rings. The largest absolute Gasteiger partial charge is 0.365 e. The Bertz CT molecular complexity index is 647. The molecule has 2 heterocycles. The molecule has 2 rings (SSSR count). The van der Waals surface area contributed by atoms with Crippen LogP contribution in [0.5, 0.6) is 0 Å². The van der Waals surface area contributed by atoms with Gasteiger partial charge in [-0.25, -0.2) is 0 Å². The summed E-state index contributed by atoms with van der Waals surface area (Å²) in [6, 6.07) is 3.35. The first-order chi connectivity index (χ1) is 8.63. The molecule has 2 aromatic rings. The molecule has 0 aliphatic heterocycles. The van der Waals surface area contributed by atoms with Gasteiger partial charge in [0.2, 0.25) is 0 Å². The molecule has 1 amide bonds. The Morgan fingerprint density at radius 2 is 2.28 bits per heavy atom. The van der Waals surface area contributed by atoms with Crippen LogP contribution in [0.25, 0.3) is 11.1 Å². The van der Waals surface area contributed by atoms with E-state index in [0.29, 0.717) is 0 Å². The number of nitrogens with zero attached hydrogens (tertiary/aromatic N) is 1. The van der Waals surface area contributed by atoms with Crippen molar-refractivity contribution in [3.05, 3.63) is 52.2 Å². The van der Waals surface area contributed by atoms with Crippen molar-refractivity contribution in [2.24, 2.45) is 5.73 Å². The zero-order valence-corrected chi connectivity index (χ0v) is 9.93. The second-order valence-corrected chi connectivity index (χ2v) is 3.88. The van der Waals surface area contributed by atoms with Gasteiger partial charge in [0.25, 0.3) is 11.5 Å². The number of nitrogens with one attached hydrogen (secondary N) is 1. The molecule has 92 valence electrons. The van der Waals surface area contributed by atoms with Crippen molar-refractivity contribution in [2.45, 2.75) is 13.3 Å². The highest BCUT2D eigenvalue weighted by molar-refractivity contribution is 5.93. The van der Waals surface area contributed by atoms with Gasteiger partial charge < -0.3 is 10.7 Å². The number of hydrogen-bond acceptors (Lipinski definition) is 3. The highest BCUT2D eigenvalue weighted by Crippen LogP contribution is 2.22. The average molecular weight is 243 g/mol. The molecule has 0 aliphatic rings. The molecular formula is C13H13N3O2. The lowest BCUT2D eigenvalue weighted by molar-refractivity contribution is 0.0999. The number of aryl methyl sites for hydroxylation is 1. The molecule has 0 aromatic carbocycles. The van der Waals surface area contributed by atoms with Crippen molar-refractivity contribution >= 4 is 5.91 Å². The summed E-state index contributed by atoms with van der Waals surface area (Å²) in [6.07, 6.45) is 5.82. The van der Waals surface area contributed by atoms with Gasteiger partial charge in [-0.2, -0.15) is 0 Å². The maximum Gasteiger partial charge on any atom is 0.260 e. The SMILES string of the molecule is CCc1cnccc1-c1c[nH]c(=O)c(C(N)=O)c1. The third-order valence-corrected chi connectivity index (χ3v) is 2.76. The van der Waals surface area contributed by atoms with E-state index in [1.807, 2.05) is 13.0 Å². The van der Waals surface area contributed by atoms with Crippen LogP contribution in [0, 0.1) is 0 Å². The van der Waals surface area contributed by atoms with Crippen LogP contribution < -0.4 is 11.3 Å². The molecule has 0 atom stereocenters. The van der Waals surface area contributed by atoms with E-state index in [-0.39, 0.29) is 5.56 Å². The lowest BCUT2D eigenvalue weighted by Crippen LogP contribution is -2.23. The standard InChI is InChI=1S/C13H13N3O2/c1-2-8-6-15-4-3-10(8)9-5-11(12(14)17)13(18)16-7-9/h3-7H,2H2,1H3,(H2,14,17)(H,16,18). The minimum absolute atomic E-state index is 0.0358. The molecule has 3 N–H and O–H groups in total. The first kappa shape index (κ1) is 12.0. The van der Waals surface area contributed by atoms with E-state index in [4.69, 9.17) is 5.73 Å². The molecular weight excluding hydrogens is 230 g/mol. The number of rotatable bonds is 3. The number of nitrogens with two attached hydrogens (primary N) is 1. The van der Waals surface area contributed by atoms with Crippen LogP contribution in [-0.4, -0.2) is 15.9 Å². The predicted molar refractivity (Wildman–Crippen MR) is 68.2 cm³/mol. The fourth-order valence-corrected chi connectivity index (χ4v) is 1.81. The minimum Gasteiger partial charge on any atom is -0.365 e. The van der Waals surface area contributed by atoms with E-state index in [1.54, 1.807) is 18.6 Å². The quantitative estimate of drug-likeness (QED) is 0.845. The van der Waals surface area contributed by atoms with Crippen LogP contribution in [0.4, 0.5) is 0 Å². The van der Waals surface area contributed by atoms with Crippen molar-refractivity contribution in [1.29, 1.82) is 0 Å². The first-order valence-corrected chi connectivity index (χ1v) is 5.59. The van der Waals surface area contributed by atoms with Gasteiger partial charge >= 0.3 is 0 Å². The Balaban J connectivity index is 2.61. The summed E-state index contributed by atoms with van der Waals surface area (Å²) in [5.74, 6) is -0.731. The zero-order chi connectivity index (χ0) is 13.1. The van der Waals surface area contributed by atoms with E-state index in [9.17, 15) is 9.59 Å². The molecule has 2 aromatic heterocycles. The molecule has 0 radical (unpaired) electrons. The fraction of sp³-hybridized carbons (Fsp3) is 0.154. The Kier molecular flexibility index (Phi) is 3.23. The van der Waals surface area contributed by atoms with Gasteiger partial charge in [0.05, 0.1) is 0 Å². The van der Waals surface area contributed by atoms with Gasteiger partial charge in [-0.1, -0.05) is 6.92 Å². The molecule has 0 aliphatic carbocycles. The Hall–Kier alpha value is -2.43. The summed E-state index contributed by atoms with van der Waals surface area (Å²) in [4.78, 5) is 29.2. The van der Waals surface area contributed by atoms with Crippen molar-refractivity contribution in [3.8, 4) is 11.1 Å². The Morgan fingerprint density at radius 3 is 2.94 bits per heavy atom. The molecule has 5 nitrogen and oxygen atoms in total. The minimum atomic E-state index is -0.731. The van der Waals surface area contributed by atoms with E-state index >= 15 is 0 Å². The summed E-state index contributed by atoms with van der Waals surface area (Å²) in [5, 5.41) is 0. The van der Waals surface area contributed by atoms with Gasteiger partial charge in [0.1, 0.15) is 5.56 Å². The highest BCUT2D eigenvalue weighted by Gasteiger charge is 2.10.